The van der Waals surface area contributed by atoms with E-state index in [4.69, 9.17) is 5.11 Å². The Balaban J connectivity index is 1.75. The van der Waals surface area contributed by atoms with E-state index < -0.39 is 5.97 Å². The quantitative estimate of drug-likeness (QED) is 0.875. The second-order valence-corrected chi connectivity index (χ2v) is 5.82. The Kier molecular flexibility index (Phi) is 6.40. The van der Waals surface area contributed by atoms with Crippen molar-refractivity contribution in [3.05, 3.63) is 35.4 Å². The normalized spacial score (nSPS) is 16.5. The highest BCUT2D eigenvalue weighted by molar-refractivity contribution is 5.87. The molecule has 2 rings (SSSR count). The fourth-order valence-electron chi connectivity index (χ4n) is 2.70. The topological polar surface area (TPSA) is 69.6 Å². The van der Waals surface area contributed by atoms with Crippen molar-refractivity contribution in [2.45, 2.75) is 38.6 Å². The molecule has 120 valence electrons. The summed E-state index contributed by atoms with van der Waals surface area (Å²) in [5, 5.41) is 11.7. The van der Waals surface area contributed by atoms with Crippen LogP contribution in [0.15, 0.2) is 24.3 Å². The fourth-order valence-corrected chi connectivity index (χ4v) is 2.70. The molecular weight excluding hydrogens is 280 g/mol. The van der Waals surface area contributed by atoms with Gasteiger partial charge in [-0.1, -0.05) is 31.4 Å². The van der Waals surface area contributed by atoms with Crippen molar-refractivity contribution in [3.8, 4) is 0 Å². The first-order valence-electron chi connectivity index (χ1n) is 7.96. The van der Waals surface area contributed by atoms with Gasteiger partial charge in [0.1, 0.15) is 0 Å². The maximum atomic E-state index is 12.0. The number of carboxylic acid groups (broad SMARTS) is 1. The van der Waals surface area contributed by atoms with Crippen molar-refractivity contribution in [2.75, 3.05) is 19.6 Å². The summed E-state index contributed by atoms with van der Waals surface area (Å²) in [6, 6.07) is 6.59. The number of carbonyl (C=O) groups is 2. The number of carboxylic acids is 1. The van der Waals surface area contributed by atoms with Gasteiger partial charge in [-0.3, -0.25) is 9.69 Å². The number of amides is 1. The number of aromatic carboxylic acids is 1. The van der Waals surface area contributed by atoms with Crippen LogP contribution in [0.3, 0.4) is 0 Å². The van der Waals surface area contributed by atoms with E-state index in [1.807, 2.05) is 0 Å². The van der Waals surface area contributed by atoms with Crippen molar-refractivity contribution in [3.63, 3.8) is 0 Å². The third kappa shape index (κ3) is 5.48. The SMILES string of the molecule is O=C(CN1CCCCCCC1)NCc1ccc(C(=O)O)cc1. The smallest absolute Gasteiger partial charge is 0.335 e. The van der Waals surface area contributed by atoms with Crippen LogP contribution >= 0.6 is 0 Å². The lowest BCUT2D eigenvalue weighted by atomic mass is 10.1. The predicted molar refractivity (Wildman–Crippen MR) is 84.8 cm³/mol. The van der Waals surface area contributed by atoms with E-state index in [0.717, 1.165) is 18.7 Å². The van der Waals surface area contributed by atoms with Crippen LogP contribution < -0.4 is 5.32 Å². The zero-order valence-corrected chi connectivity index (χ0v) is 12.9. The van der Waals surface area contributed by atoms with E-state index in [1.165, 1.54) is 32.1 Å². The van der Waals surface area contributed by atoms with Crippen LogP contribution in [0.25, 0.3) is 0 Å². The zero-order valence-electron chi connectivity index (χ0n) is 12.9. The molecular formula is C17H24N2O3. The molecule has 1 saturated heterocycles. The van der Waals surface area contributed by atoms with Crippen molar-refractivity contribution >= 4 is 11.9 Å². The lowest BCUT2D eigenvalue weighted by Crippen LogP contribution is -2.38. The average Bonchev–Trinajstić information content (AvgIpc) is 2.48. The molecule has 1 aliphatic heterocycles. The maximum absolute atomic E-state index is 12.0. The molecule has 1 aromatic rings. The van der Waals surface area contributed by atoms with Crippen LogP contribution in [0.1, 0.15) is 48.0 Å². The first-order valence-corrected chi connectivity index (χ1v) is 7.96. The molecule has 22 heavy (non-hydrogen) atoms. The number of nitrogens with one attached hydrogen (secondary N) is 1. The van der Waals surface area contributed by atoms with Crippen LogP contribution in [0, 0.1) is 0 Å². The molecule has 1 aliphatic rings. The van der Waals surface area contributed by atoms with Gasteiger partial charge >= 0.3 is 5.97 Å². The van der Waals surface area contributed by atoms with E-state index in [9.17, 15) is 9.59 Å². The fraction of sp³-hybridized carbons (Fsp3) is 0.529. The molecule has 0 radical (unpaired) electrons. The number of nitrogens with zero attached hydrogens (tertiary/aromatic N) is 1. The minimum atomic E-state index is -0.937. The van der Waals surface area contributed by atoms with E-state index in [1.54, 1.807) is 24.3 Å². The molecule has 1 fully saturated rings. The van der Waals surface area contributed by atoms with E-state index in [-0.39, 0.29) is 11.5 Å². The first-order chi connectivity index (χ1) is 10.6. The Morgan fingerprint density at radius 1 is 1.00 bits per heavy atom. The number of benzene rings is 1. The molecule has 0 spiro atoms. The molecule has 2 N–H and O–H groups in total. The van der Waals surface area contributed by atoms with Gasteiger partial charge in [-0.15, -0.1) is 0 Å². The molecule has 0 bridgehead atoms. The Bertz CT molecular complexity index is 491. The van der Waals surface area contributed by atoms with Gasteiger partial charge in [0, 0.05) is 6.54 Å². The van der Waals surface area contributed by atoms with Crippen LogP contribution in [0.4, 0.5) is 0 Å². The van der Waals surface area contributed by atoms with E-state index >= 15 is 0 Å². The van der Waals surface area contributed by atoms with Crippen LogP contribution in [-0.4, -0.2) is 41.5 Å². The Labute approximate surface area is 131 Å². The van der Waals surface area contributed by atoms with Gasteiger partial charge in [-0.05, 0) is 43.6 Å². The average molecular weight is 304 g/mol. The third-order valence-electron chi connectivity index (χ3n) is 4.01. The summed E-state index contributed by atoms with van der Waals surface area (Å²) in [6.07, 6.45) is 6.17. The second kappa shape index (κ2) is 8.54. The van der Waals surface area contributed by atoms with Crippen LogP contribution in [0.5, 0.6) is 0 Å². The summed E-state index contributed by atoms with van der Waals surface area (Å²) in [5.74, 6) is -0.907. The molecule has 0 unspecified atom stereocenters. The number of carbonyl (C=O) groups excluding carboxylic acids is 1. The van der Waals surface area contributed by atoms with Crippen LogP contribution in [0.2, 0.25) is 0 Å². The molecule has 5 nitrogen and oxygen atoms in total. The molecule has 0 aromatic heterocycles. The van der Waals surface area contributed by atoms with Gasteiger partial charge < -0.3 is 10.4 Å². The Morgan fingerprint density at radius 3 is 2.18 bits per heavy atom. The van der Waals surface area contributed by atoms with Gasteiger partial charge in [0.05, 0.1) is 12.1 Å². The zero-order chi connectivity index (χ0) is 15.8. The summed E-state index contributed by atoms with van der Waals surface area (Å²) in [7, 11) is 0. The molecule has 1 heterocycles. The summed E-state index contributed by atoms with van der Waals surface area (Å²) in [4.78, 5) is 25.0. The Morgan fingerprint density at radius 2 is 1.59 bits per heavy atom. The second-order valence-electron chi connectivity index (χ2n) is 5.82. The molecule has 1 aromatic carbocycles. The minimum absolute atomic E-state index is 0.0304. The Hall–Kier alpha value is -1.88. The van der Waals surface area contributed by atoms with Gasteiger partial charge in [0.15, 0.2) is 0 Å². The highest BCUT2D eigenvalue weighted by Gasteiger charge is 2.12. The largest absolute Gasteiger partial charge is 0.478 e. The van der Waals surface area contributed by atoms with Crippen molar-refractivity contribution in [2.24, 2.45) is 0 Å². The van der Waals surface area contributed by atoms with Gasteiger partial charge in [0.25, 0.3) is 0 Å². The number of likely N-dealkylation sites (tertiary alicyclic amines) is 1. The maximum Gasteiger partial charge on any atom is 0.335 e. The molecule has 0 atom stereocenters. The monoisotopic (exact) mass is 304 g/mol. The number of rotatable bonds is 5. The summed E-state index contributed by atoms with van der Waals surface area (Å²) >= 11 is 0. The standard InChI is InChI=1S/C17H24N2O3/c20-16(13-19-10-4-2-1-3-5-11-19)18-12-14-6-8-15(9-7-14)17(21)22/h6-9H,1-5,10-13H2,(H,18,20)(H,21,22). The number of hydrogen-bond acceptors (Lipinski definition) is 3. The lowest BCUT2D eigenvalue weighted by Gasteiger charge is -2.23. The van der Waals surface area contributed by atoms with Gasteiger partial charge in [0.2, 0.25) is 5.91 Å². The van der Waals surface area contributed by atoms with Crippen molar-refractivity contribution in [1.29, 1.82) is 0 Å². The van der Waals surface area contributed by atoms with Crippen LogP contribution in [-0.2, 0) is 11.3 Å². The van der Waals surface area contributed by atoms with Crippen molar-refractivity contribution in [1.82, 2.24) is 10.2 Å². The lowest BCUT2D eigenvalue weighted by molar-refractivity contribution is -0.122. The molecule has 0 aliphatic carbocycles. The molecule has 5 heteroatoms. The molecule has 1 amide bonds. The summed E-state index contributed by atoms with van der Waals surface area (Å²) < 4.78 is 0. The van der Waals surface area contributed by atoms with E-state index in [0.29, 0.717) is 13.1 Å². The highest BCUT2D eigenvalue weighted by atomic mass is 16.4. The van der Waals surface area contributed by atoms with Crippen molar-refractivity contribution < 1.29 is 14.7 Å². The third-order valence-corrected chi connectivity index (χ3v) is 4.01. The summed E-state index contributed by atoms with van der Waals surface area (Å²) in [5.41, 5.74) is 1.17. The van der Waals surface area contributed by atoms with E-state index in [2.05, 4.69) is 10.2 Å². The summed E-state index contributed by atoms with van der Waals surface area (Å²) in [6.45, 7) is 2.89. The number of hydrogen-bond donors (Lipinski definition) is 2. The molecule has 0 saturated carbocycles. The highest BCUT2D eigenvalue weighted by Crippen LogP contribution is 2.10. The predicted octanol–water partition coefficient (Wildman–Crippen LogP) is 2.27. The minimum Gasteiger partial charge on any atom is -0.478 e. The van der Waals surface area contributed by atoms with Gasteiger partial charge in [-0.2, -0.15) is 0 Å². The van der Waals surface area contributed by atoms with Gasteiger partial charge in [-0.25, -0.2) is 4.79 Å². The first kappa shape index (κ1) is 16.5.